The van der Waals surface area contributed by atoms with Gasteiger partial charge in [0, 0.05) is 11.3 Å². The summed E-state index contributed by atoms with van der Waals surface area (Å²) in [6, 6.07) is 0. The van der Waals surface area contributed by atoms with E-state index in [1.165, 1.54) is 0 Å². The molecule has 1 saturated carbocycles. The lowest BCUT2D eigenvalue weighted by Gasteiger charge is -2.45. The third-order valence-electron chi connectivity index (χ3n) is 3.38. The number of Topliss-reactive ketones (excluding diaryl/α,β-unsaturated/α-hetero) is 1. The van der Waals surface area contributed by atoms with Crippen LogP contribution in [0.15, 0.2) is 0 Å². The molecule has 0 spiro atoms. The Bertz CT molecular complexity index is 247. The number of rotatable bonds is 0. The number of hydrogen-bond donors (Lipinski definition) is 0. The molecule has 80 valence electrons. The van der Waals surface area contributed by atoms with Crippen LogP contribution in [0.5, 0.6) is 0 Å². The van der Waals surface area contributed by atoms with E-state index in [0.717, 1.165) is 6.42 Å². The standard InChI is InChI=1S/C11H18O3/c1-7-9-8(13-4-5-14-9)6-11(2,3)10(7)12/h7-9H,4-6H2,1-3H3. The normalized spacial score (nSPS) is 41.9. The quantitative estimate of drug-likeness (QED) is 0.590. The Labute approximate surface area is 84.8 Å². The lowest BCUT2D eigenvalue weighted by molar-refractivity contribution is -0.191. The predicted octanol–water partition coefficient (Wildman–Crippen LogP) is 1.41. The van der Waals surface area contributed by atoms with Crippen molar-refractivity contribution in [3.8, 4) is 0 Å². The van der Waals surface area contributed by atoms with Gasteiger partial charge in [0.2, 0.25) is 0 Å². The molecule has 2 rings (SSSR count). The number of ether oxygens (including phenoxy) is 2. The Balaban J connectivity index is 2.20. The molecule has 14 heavy (non-hydrogen) atoms. The summed E-state index contributed by atoms with van der Waals surface area (Å²) < 4.78 is 11.3. The highest BCUT2D eigenvalue weighted by atomic mass is 16.6. The summed E-state index contributed by atoms with van der Waals surface area (Å²) in [4.78, 5) is 12.0. The van der Waals surface area contributed by atoms with E-state index in [0.29, 0.717) is 19.0 Å². The van der Waals surface area contributed by atoms with Crippen LogP contribution in [0.1, 0.15) is 27.2 Å². The van der Waals surface area contributed by atoms with E-state index < -0.39 is 0 Å². The highest BCUT2D eigenvalue weighted by molar-refractivity contribution is 5.87. The minimum Gasteiger partial charge on any atom is -0.373 e. The zero-order valence-electron chi connectivity index (χ0n) is 9.08. The third-order valence-corrected chi connectivity index (χ3v) is 3.38. The maximum Gasteiger partial charge on any atom is 0.144 e. The molecule has 2 fully saturated rings. The Morgan fingerprint density at radius 3 is 2.64 bits per heavy atom. The summed E-state index contributed by atoms with van der Waals surface area (Å²) in [5, 5.41) is 0. The average molecular weight is 198 g/mol. The summed E-state index contributed by atoms with van der Waals surface area (Å²) >= 11 is 0. The Morgan fingerprint density at radius 1 is 1.29 bits per heavy atom. The maximum atomic E-state index is 12.0. The number of fused-ring (bicyclic) bond motifs is 1. The summed E-state index contributed by atoms with van der Waals surface area (Å²) in [6.07, 6.45) is 0.900. The van der Waals surface area contributed by atoms with Gasteiger partial charge < -0.3 is 9.47 Å². The highest BCUT2D eigenvalue weighted by Gasteiger charge is 2.48. The van der Waals surface area contributed by atoms with Crippen LogP contribution in [0.25, 0.3) is 0 Å². The first-order valence-corrected chi connectivity index (χ1v) is 5.30. The average Bonchev–Trinajstić information content (AvgIpc) is 2.14. The molecule has 1 heterocycles. The van der Waals surface area contributed by atoms with Gasteiger partial charge in [-0.2, -0.15) is 0 Å². The molecule has 0 N–H and O–H groups in total. The second-order valence-corrected chi connectivity index (χ2v) is 4.99. The van der Waals surface area contributed by atoms with Gasteiger partial charge in [0.05, 0.1) is 25.4 Å². The number of carbonyl (C=O) groups excluding carboxylic acids is 1. The minimum atomic E-state index is -0.249. The zero-order chi connectivity index (χ0) is 10.3. The molecule has 0 aromatic heterocycles. The van der Waals surface area contributed by atoms with Crippen LogP contribution in [0, 0.1) is 11.3 Å². The fraction of sp³-hybridized carbons (Fsp3) is 0.909. The molecule has 3 atom stereocenters. The van der Waals surface area contributed by atoms with Crippen LogP contribution >= 0.6 is 0 Å². The van der Waals surface area contributed by atoms with Gasteiger partial charge in [-0.1, -0.05) is 20.8 Å². The van der Waals surface area contributed by atoms with Crippen molar-refractivity contribution in [3.63, 3.8) is 0 Å². The first kappa shape index (κ1) is 10.1. The van der Waals surface area contributed by atoms with E-state index >= 15 is 0 Å². The van der Waals surface area contributed by atoms with Crippen molar-refractivity contribution in [1.29, 1.82) is 0 Å². The van der Waals surface area contributed by atoms with Crippen molar-refractivity contribution in [2.24, 2.45) is 11.3 Å². The Kier molecular flexibility index (Phi) is 2.40. The molecule has 1 aliphatic carbocycles. The minimum absolute atomic E-state index is 0.00993. The van der Waals surface area contributed by atoms with E-state index in [-0.39, 0.29) is 23.5 Å². The molecule has 1 saturated heterocycles. The number of carbonyl (C=O) groups is 1. The molecule has 1 aliphatic heterocycles. The largest absolute Gasteiger partial charge is 0.373 e. The van der Waals surface area contributed by atoms with E-state index in [2.05, 4.69) is 0 Å². The lowest BCUT2D eigenvalue weighted by atomic mass is 9.68. The van der Waals surface area contributed by atoms with Gasteiger partial charge in [-0.3, -0.25) is 4.79 Å². The lowest BCUT2D eigenvalue weighted by Crippen LogP contribution is -2.54. The fourth-order valence-corrected chi connectivity index (χ4v) is 2.60. The van der Waals surface area contributed by atoms with E-state index in [1.54, 1.807) is 0 Å². The van der Waals surface area contributed by atoms with E-state index in [9.17, 15) is 4.79 Å². The van der Waals surface area contributed by atoms with Crippen molar-refractivity contribution in [3.05, 3.63) is 0 Å². The molecule has 0 amide bonds. The topological polar surface area (TPSA) is 35.5 Å². The molecule has 0 radical (unpaired) electrons. The van der Waals surface area contributed by atoms with Crippen molar-refractivity contribution in [1.82, 2.24) is 0 Å². The smallest absolute Gasteiger partial charge is 0.144 e. The molecule has 2 aliphatic rings. The SMILES string of the molecule is CC1C(=O)C(C)(C)CC2OCCOC21. The second-order valence-electron chi connectivity index (χ2n) is 4.99. The monoisotopic (exact) mass is 198 g/mol. The fourth-order valence-electron chi connectivity index (χ4n) is 2.60. The van der Waals surface area contributed by atoms with Gasteiger partial charge in [0.25, 0.3) is 0 Å². The highest BCUT2D eigenvalue weighted by Crippen LogP contribution is 2.39. The molecule has 0 aromatic carbocycles. The third kappa shape index (κ3) is 1.48. The summed E-state index contributed by atoms with van der Waals surface area (Å²) in [7, 11) is 0. The Hall–Kier alpha value is -0.410. The molecule has 3 nitrogen and oxygen atoms in total. The van der Waals surface area contributed by atoms with Crippen LogP contribution < -0.4 is 0 Å². The Morgan fingerprint density at radius 2 is 1.93 bits per heavy atom. The van der Waals surface area contributed by atoms with Gasteiger partial charge in [-0.05, 0) is 6.42 Å². The van der Waals surface area contributed by atoms with Gasteiger partial charge >= 0.3 is 0 Å². The van der Waals surface area contributed by atoms with Crippen LogP contribution in [-0.2, 0) is 14.3 Å². The van der Waals surface area contributed by atoms with Crippen LogP contribution in [-0.4, -0.2) is 31.2 Å². The first-order chi connectivity index (χ1) is 6.52. The van der Waals surface area contributed by atoms with Crippen molar-refractivity contribution >= 4 is 5.78 Å². The second kappa shape index (κ2) is 3.31. The van der Waals surface area contributed by atoms with Crippen LogP contribution in [0.2, 0.25) is 0 Å². The molecule has 0 bridgehead atoms. The molecule has 0 aromatic rings. The maximum absolute atomic E-state index is 12.0. The van der Waals surface area contributed by atoms with Crippen molar-refractivity contribution in [2.45, 2.75) is 39.4 Å². The summed E-state index contributed by atoms with van der Waals surface area (Å²) in [5.41, 5.74) is -0.249. The van der Waals surface area contributed by atoms with E-state index in [4.69, 9.17) is 9.47 Å². The van der Waals surface area contributed by atoms with Crippen molar-refractivity contribution < 1.29 is 14.3 Å². The molecular weight excluding hydrogens is 180 g/mol. The predicted molar refractivity (Wildman–Crippen MR) is 52.0 cm³/mol. The summed E-state index contributed by atoms with van der Waals surface area (Å²) in [6.45, 7) is 7.24. The molecule has 3 unspecified atom stereocenters. The van der Waals surface area contributed by atoms with Gasteiger partial charge in [0.15, 0.2) is 0 Å². The van der Waals surface area contributed by atoms with Crippen molar-refractivity contribution in [2.75, 3.05) is 13.2 Å². The molecule has 3 heteroatoms. The van der Waals surface area contributed by atoms with Gasteiger partial charge in [0.1, 0.15) is 5.78 Å². The number of ketones is 1. The first-order valence-electron chi connectivity index (χ1n) is 5.30. The van der Waals surface area contributed by atoms with Crippen LogP contribution in [0.4, 0.5) is 0 Å². The van der Waals surface area contributed by atoms with E-state index in [1.807, 2.05) is 20.8 Å². The van der Waals surface area contributed by atoms with Gasteiger partial charge in [-0.25, -0.2) is 0 Å². The summed E-state index contributed by atoms with van der Waals surface area (Å²) in [5.74, 6) is 0.285. The van der Waals surface area contributed by atoms with Gasteiger partial charge in [-0.15, -0.1) is 0 Å². The number of hydrogen-bond acceptors (Lipinski definition) is 3. The molecular formula is C11H18O3. The zero-order valence-corrected chi connectivity index (χ0v) is 9.08. The van der Waals surface area contributed by atoms with Crippen LogP contribution in [0.3, 0.4) is 0 Å².